The van der Waals surface area contributed by atoms with E-state index in [9.17, 15) is 88.9 Å². The Morgan fingerprint density at radius 1 is 0.551 bits per heavy atom. The molecule has 3 aliphatic rings. The second kappa shape index (κ2) is 43.6. The van der Waals surface area contributed by atoms with Gasteiger partial charge in [-0.15, -0.1) is 0 Å². The third kappa shape index (κ3) is 26.7. The van der Waals surface area contributed by atoms with Gasteiger partial charge in [-0.25, -0.2) is 14.8 Å². The molecule has 0 bridgehead atoms. The normalized spacial score (nSPS) is 13.1. The molecule has 36 nitrogen and oxygen atoms in total. The number of pyridine rings is 6. The number of esters is 5. The number of allylic oxidation sites excluding steroid dienone is 1. The molecule has 38 heteroatoms. The predicted octanol–water partition coefficient (Wildman–Crippen LogP) is 11.4. The molecule has 2 aliphatic carbocycles. The molecule has 6 aromatic rings. The van der Waals surface area contributed by atoms with Gasteiger partial charge in [-0.2, -0.15) is 0 Å². The number of rotatable bonds is 22. The zero-order chi connectivity index (χ0) is 80.2. The van der Waals surface area contributed by atoms with Crippen molar-refractivity contribution in [1.82, 2.24) is 29.9 Å². The fourth-order valence-corrected chi connectivity index (χ4v) is 11.1. The molecule has 0 atom stereocenters. The summed E-state index contributed by atoms with van der Waals surface area (Å²) in [7, 11) is -1.41. The molecule has 570 valence electrons. The van der Waals surface area contributed by atoms with Crippen LogP contribution in [-0.2, 0) is 83.7 Å². The number of hydrogen-bond donors (Lipinski definition) is 1. The largest absolute Gasteiger partial charge is 0.545 e. The molecule has 7 heterocycles. The number of carbonyl (C=O) groups excluding carboxylic acids is 8. The number of aromatic nitrogens is 6. The van der Waals surface area contributed by atoms with Gasteiger partial charge in [0.25, 0.3) is 22.7 Å². The Bertz CT molecular complexity index is 4210. The molecule has 107 heavy (non-hydrogen) atoms. The van der Waals surface area contributed by atoms with Crippen LogP contribution in [0.5, 0.6) is 0 Å². The van der Waals surface area contributed by atoms with E-state index in [2.05, 4.69) is 79.3 Å². The number of hydrogen-bond acceptors (Lipinski definition) is 30. The fourth-order valence-electron chi connectivity index (χ4n) is 10.0. The summed E-state index contributed by atoms with van der Waals surface area (Å²) >= 11 is 5.37. The topological polar surface area (TPSA) is 497 Å². The van der Waals surface area contributed by atoms with Crippen molar-refractivity contribution in [2.24, 2.45) is 0 Å². The third-order valence-corrected chi connectivity index (χ3v) is 15.9. The SMILES string of the molecule is C=C(C(=O)OCC)c1ncccc1[N+](=O)[O-].C=CC(=C)O[Si](C)(C)C.CCOC(=O)C(C(=O)OCC)c1ncccc1[N+](=O)[O-].CCOC(=O)C1(c2ncccc2[N+](=O)[O-])CCC(=O)CC1.CCOC(=O)Cc1ncccc1[N+](=O)[O-].O=C1CCC2(CC1)C(=O)Nc1cccnc12.O=[N+]([O-])c1cccnc1Cl. The number of fused-ring (bicyclic) bond motifs is 2. The van der Waals surface area contributed by atoms with Crippen molar-refractivity contribution < 1.29 is 91.1 Å². The molecule has 1 aliphatic heterocycles. The van der Waals surface area contributed by atoms with Crippen molar-refractivity contribution in [3.05, 3.63) is 226 Å². The van der Waals surface area contributed by atoms with E-state index in [1.54, 1.807) is 46.9 Å². The van der Waals surface area contributed by atoms with Gasteiger partial charge in [-0.05, 0) is 128 Å². The molecule has 1 amide bonds. The highest BCUT2D eigenvalue weighted by atomic mass is 35.5. The van der Waals surface area contributed by atoms with Crippen LogP contribution >= 0.6 is 11.6 Å². The molecule has 9 rings (SSSR count). The third-order valence-electron chi connectivity index (χ3n) is 14.8. The van der Waals surface area contributed by atoms with Crippen LogP contribution in [0.1, 0.15) is 120 Å². The van der Waals surface area contributed by atoms with Crippen molar-refractivity contribution in [2.75, 3.05) is 38.4 Å². The van der Waals surface area contributed by atoms with E-state index >= 15 is 0 Å². The fraction of sp³-hybridized carbons (Fsp3) is 0.362. The highest BCUT2D eigenvalue weighted by Gasteiger charge is 2.51. The first-order valence-electron chi connectivity index (χ1n) is 32.6. The number of nitro groups is 5. The van der Waals surface area contributed by atoms with Gasteiger partial charge in [0, 0.05) is 93.2 Å². The number of halogens is 1. The number of nitrogens with one attached hydrogen (secondary N) is 1. The van der Waals surface area contributed by atoms with Gasteiger partial charge in [-0.1, -0.05) is 31.3 Å². The zero-order valence-electron chi connectivity index (χ0n) is 59.7. The number of ketones is 2. The Kier molecular flexibility index (Phi) is 36.2. The zero-order valence-corrected chi connectivity index (χ0v) is 61.4. The molecule has 2 fully saturated rings. The van der Waals surface area contributed by atoms with Gasteiger partial charge >= 0.3 is 35.5 Å². The minimum atomic E-state index is -1.56. The molecular formula is C69H79ClN12O24Si. The summed E-state index contributed by atoms with van der Waals surface area (Å²) < 4.78 is 29.4. The van der Waals surface area contributed by atoms with Crippen LogP contribution < -0.4 is 5.32 Å². The maximum absolute atomic E-state index is 12.4. The Balaban J connectivity index is 0.000000329. The average Bonchev–Trinajstić information content (AvgIpc) is 1.74. The second-order valence-electron chi connectivity index (χ2n) is 23.0. The van der Waals surface area contributed by atoms with Crippen LogP contribution in [0.4, 0.5) is 34.1 Å². The molecule has 0 aromatic carbocycles. The number of ether oxygens (including phenoxy) is 5. The van der Waals surface area contributed by atoms with E-state index in [0.717, 1.165) is 17.4 Å². The van der Waals surface area contributed by atoms with Gasteiger partial charge in [0.05, 0.1) is 92.2 Å². The summed E-state index contributed by atoms with van der Waals surface area (Å²) in [6.45, 7) is 25.8. The Hall–Kier alpha value is -12.4. The lowest BCUT2D eigenvalue weighted by molar-refractivity contribution is -0.386. The van der Waals surface area contributed by atoms with Crippen molar-refractivity contribution >= 4 is 107 Å². The van der Waals surface area contributed by atoms with Crippen molar-refractivity contribution in [3.63, 3.8) is 0 Å². The lowest BCUT2D eigenvalue weighted by Gasteiger charge is -2.33. The van der Waals surface area contributed by atoms with E-state index in [4.69, 9.17) is 35.0 Å². The van der Waals surface area contributed by atoms with E-state index < -0.39 is 85.2 Å². The van der Waals surface area contributed by atoms with Crippen LogP contribution in [0.3, 0.4) is 0 Å². The maximum Gasteiger partial charge on any atom is 0.339 e. The standard InChI is InChI=1S/C14H16N2O5.C12H14N2O6.C12H12N2O2.C10H10N2O4.C9H10N2O4.C7H14OSi.C5H3ClN2O2/c1-2-21-13(18)14(7-5-10(17)6-8-14)12-11(16(19)20)4-3-9-15-12;1-3-19-11(15)9(12(16)20-4-2)10-8(14(17)18)6-5-7-13-10;15-8-3-5-12(6-4-8)10-9(14-11(12)16)2-1-7-13-10;1-3-16-10(13)7(2)9-8(12(14)15)5-4-6-11-9;1-2-15-9(12)6-7-8(11(13)14)4-3-5-10-7;1-6-7(2)8-9(3,4)5;6-5-4(8(9)10)2-1-3-7-5/h3-4,9H,2,5-8H2,1H3;5-7,9H,3-4H2,1-2H3;1-2,7H,3-6H2,(H,14,16);4-6H,2-3H2,1H3;3-5H,2,6H2,1H3;6H,1-2H2,3-5H3;1-3H. The summed E-state index contributed by atoms with van der Waals surface area (Å²) in [4.78, 5) is 167. The molecule has 1 N–H and O–H groups in total. The average molecular weight is 1520 g/mol. The first-order valence-corrected chi connectivity index (χ1v) is 36.4. The second-order valence-corrected chi connectivity index (χ2v) is 27.8. The Morgan fingerprint density at radius 2 is 0.981 bits per heavy atom. The van der Waals surface area contributed by atoms with Gasteiger partial charge in [0.2, 0.25) is 25.3 Å². The lowest BCUT2D eigenvalue weighted by Crippen LogP contribution is -2.42. The molecule has 0 radical (unpaired) electrons. The highest BCUT2D eigenvalue weighted by Crippen LogP contribution is 2.46. The summed E-state index contributed by atoms with van der Waals surface area (Å²) in [6, 6.07) is 17.1. The molecule has 0 saturated heterocycles. The Labute approximate surface area is 618 Å². The van der Waals surface area contributed by atoms with Gasteiger partial charge < -0.3 is 33.4 Å². The molecule has 6 aromatic heterocycles. The Morgan fingerprint density at radius 3 is 1.45 bits per heavy atom. The van der Waals surface area contributed by atoms with E-state index in [-0.39, 0.29) is 139 Å². The molecule has 1 spiro atoms. The van der Waals surface area contributed by atoms with E-state index in [1.165, 1.54) is 85.6 Å². The van der Waals surface area contributed by atoms with Crippen LogP contribution in [0.15, 0.2) is 142 Å². The number of anilines is 1. The van der Waals surface area contributed by atoms with E-state index in [1.807, 2.05) is 12.1 Å². The summed E-state index contributed by atoms with van der Waals surface area (Å²) in [5, 5.41) is 56.3. The van der Waals surface area contributed by atoms with Crippen LogP contribution in [0.2, 0.25) is 24.8 Å². The van der Waals surface area contributed by atoms with Gasteiger partial charge in [0.1, 0.15) is 34.1 Å². The summed E-state index contributed by atoms with van der Waals surface area (Å²) in [5.74, 6) is -4.17. The number of Topliss-reactive ketones (excluding diaryl/α,β-unsaturated/α-hetero) is 2. The summed E-state index contributed by atoms with van der Waals surface area (Å²) in [6.07, 6.45) is 13.0. The number of amides is 1. The molecule has 0 unspecified atom stereocenters. The smallest absolute Gasteiger partial charge is 0.339 e. The van der Waals surface area contributed by atoms with E-state index in [0.29, 0.717) is 31.4 Å². The van der Waals surface area contributed by atoms with Crippen molar-refractivity contribution in [1.29, 1.82) is 0 Å². The van der Waals surface area contributed by atoms with Crippen molar-refractivity contribution in [3.8, 4) is 0 Å². The first kappa shape index (κ1) is 88.8. The quantitative estimate of drug-likeness (QED) is 0.00630. The monoisotopic (exact) mass is 1520 g/mol. The van der Waals surface area contributed by atoms with Crippen LogP contribution in [0.25, 0.3) is 5.57 Å². The van der Waals surface area contributed by atoms with Crippen LogP contribution in [0, 0.1) is 50.6 Å². The highest BCUT2D eigenvalue weighted by molar-refractivity contribution is 6.70. The molecular weight excluding hydrogens is 1440 g/mol. The minimum absolute atomic E-state index is 0.00806. The minimum Gasteiger partial charge on any atom is -0.545 e. The van der Waals surface area contributed by atoms with Gasteiger partial charge in [0.15, 0.2) is 5.69 Å². The predicted molar refractivity (Wildman–Crippen MR) is 385 cm³/mol. The lowest BCUT2D eigenvalue weighted by atomic mass is 9.70. The first-order chi connectivity index (χ1) is 50.6. The number of nitrogens with zero attached hydrogens (tertiary/aromatic N) is 11. The maximum atomic E-state index is 12.4. The van der Waals surface area contributed by atoms with Crippen LogP contribution in [-0.4, -0.2) is 143 Å². The van der Waals surface area contributed by atoms with Crippen molar-refractivity contribution in [2.45, 2.75) is 129 Å². The number of carbonyl (C=O) groups is 8. The van der Waals surface area contributed by atoms with Gasteiger partial charge in [-0.3, -0.25) is 104 Å². The summed E-state index contributed by atoms with van der Waals surface area (Å²) in [5.41, 5.74) is -1.57. The molecule has 2 saturated carbocycles.